The number of amides is 2. The first kappa shape index (κ1) is 28.4. The second-order valence-electron chi connectivity index (χ2n) is 8.71. The number of aromatic carboxylic acids is 2. The normalized spacial score (nSPS) is 11.3. The molecule has 4 aromatic carbocycles. The molecule has 2 amide bonds. The van der Waals surface area contributed by atoms with Crippen molar-refractivity contribution in [3.63, 3.8) is 0 Å². The van der Waals surface area contributed by atoms with E-state index in [0.717, 1.165) is 23.3 Å². The van der Waals surface area contributed by atoms with Crippen molar-refractivity contribution in [1.82, 2.24) is 0 Å². The lowest BCUT2D eigenvalue weighted by Crippen LogP contribution is -2.19. The van der Waals surface area contributed by atoms with Crippen molar-refractivity contribution in [3.05, 3.63) is 124 Å². The predicted octanol–water partition coefficient (Wildman–Crippen LogP) is 6.77. The van der Waals surface area contributed by atoms with E-state index in [1.165, 1.54) is 17.8 Å². The lowest BCUT2D eigenvalue weighted by molar-refractivity contribution is -0.115. The van der Waals surface area contributed by atoms with Crippen LogP contribution in [0.5, 0.6) is 0 Å². The first-order valence-corrected chi connectivity index (χ1v) is 13.2. The Labute approximate surface area is 239 Å². The molecule has 0 aromatic heterocycles. The maximum absolute atomic E-state index is 13.5. The van der Waals surface area contributed by atoms with Gasteiger partial charge in [-0.15, -0.1) is 11.8 Å². The van der Waals surface area contributed by atoms with E-state index >= 15 is 0 Å². The first-order chi connectivity index (χ1) is 19.1. The Morgan fingerprint density at radius 1 is 0.775 bits per heavy atom. The maximum Gasteiger partial charge on any atom is 0.336 e. The number of thioether (sulfide) groups is 1. The Morgan fingerprint density at radius 2 is 1.52 bits per heavy atom. The van der Waals surface area contributed by atoms with Crippen molar-refractivity contribution in [3.8, 4) is 0 Å². The molecule has 0 radical (unpaired) electrons. The number of carbonyl (C=O) groups excluding carboxylic acids is 2. The highest BCUT2D eigenvalue weighted by Crippen LogP contribution is 2.37. The Morgan fingerprint density at radius 3 is 2.23 bits per heavy atom. The molecule has 4 N–H and O–H groups in total. The highest BCUT2D eigenvalue weighted by atomic mass is 35.5. The quantitative estimate of drug-likeness (QED) is 0.162. The molecule has 1 atom stereocenters. The van der Waals surface area contributed by atoms with Gasteiger partial charge in [-0.05, 0) is 66.6 Å². The molecule has 202 valence electrons. The van der Waals surface area contributed by atoms with Gasteiger partial charge in [-0.3, -0.25) is 9.59 Å². The van der Waals surface area contributed by atoms with E-state index in [9.17, 15) is 24.3 Å². The van der Waals surface area contributed by atoms with Crippen molar-refractivity contribution < 1.29 is 29.4 Å². The molecule has 0 heterocycles. The molecule has 4 rings (SSSR count). The van der Waals surface area contributed by atoms with Crippen molar-refractivity contribution in [2.75, 3.05) is 10.6 Å². The minimum atomic E-state index is -1.43. The van der Waals surface area contributed by atoms with Gasteiger partial charge in [-0.2, -0.15) is 0 Å². The van der Waals surface area contributed by atoms with Gasteiger partial charge in [0, 0.05) is 21.3 Å². The number of anilines is 2. The summed E-state index contributed by atoms with van der Waals surface area (Å²) in [4.78, 5) is 50.0. The van der Waals surface area contributed by atoms with Gasteiger partial charge in [-0.1, -0.05) is 54.1 Å². The third-order valence-corrected chi connectivity index (χ3v) is 7.37. The van der Waals surface area contributed by atoms with Crippen LogP contribution in [0.2, 0.25) is 5.02 Å². The van der Waals surface area contributed by atoms with Gasteiger partial charge in [0.1, 0.15) is 5.25 Å². The lowest BCUT2D eigenvalue weighted by Gasteiger charge is -2.18. The number of nitrogens with one attached hydrogen (secondary N) is 2. The summed E-state index contributed by atoms with van der Waals surface area (Å²) in [5.74, 6) is -3.71. The number of hydrogen-bond donors (Lipinski definition) is 4. The minimum absolute atomic E-state index is 0.186. The number of halogens is 1. The van der Waals surface area contributed by atoms with Crippen LogP contribution in [0, 0.1) is 6.92 Å². The summed E-state index contributed by atoms with van der Waals surface area (Å²) in [5.41, 5.74) is 1.73. The van der Waals surface area contributed by atoms with Gasteiger partial charge < -0.3 is 20.8 Å². The second-order valence-corrected chi connectivity index (χ2v) is 10.3. The summed E-state index contributed by atoms with van der Waals surface area (Å²) >= 11 is 7.40. The van der Waals surface area contributed by atoms with Crippen LogP contribution < -0.4 is 10.6 Å². The molecule has 0 fully saturated rings. The SMILES string of the molecule is Cc1ccc(Cl)cc1NC(=O)C(Sc1cccc(NC(=O)c2ccc(C(=O)O)cc2C(=O)O)c1)c1ccccc1. The molecule has 0 saturated heterocycles. The predicted molar refractivity (Wildman–Crippen MR) is 155 cm³/mol. The average molecular weight is 575 g/mol. The Bertz CT molecular complexity index is 1610. The van der Waals surface area contributed by atoms with E-state index in [0.29, 0.717) is 21.3 Å². The largest absolute Gasteiger partial charge is 0.478 e. The van der Waals surface area contributed by atoms with Crippen LogP contribution in [0.4, 0.5) is 11.4 Å². The molecule has 1 unspecified atom stereocenters. The summed E-state index contributed by atoms with van der Waals surface area (Å²) in [5, 5.41) is 24.1. The van der Waals surface area contributed by atoms with Crippen LogP contribution in [0.25, 0.3) is 0 Å². The molecule has 0 bridgehead atoms. The van der Waals surface area contributed by atoms with Crippen LogP contribution in [0.3, 0.4) is 0 Å². The molecule has 40 heavy (non-hydrogen) atoms. The maximum atomic E-state index is 13.5. The van der Waals surface area contributed by atoms with Crippen molar-refractivity contribution in [2.45, 2.75) is 17.1 Å². The van der Waals surface area contributed by atoms with Gasteiger partial charge >= 0.3 is 11.9 Å². The zero-order valence-electron chi connectivity index (χ0n) is 21.1. The number of aryl methyl sites for hydroxylation is 1. The molecular weight excluding hydrogens is 552 g/mol. The lowest BCUT2D eigenvalue weighted by atomic mass is 10.0. The molecule has 0 aliphatic rings. The third kappa shape index (κ3) is 6.88. The number of carboxylic acid groups (broad SMARTS) is 2. The van der Waals surface area contributed by atoms with Crippen LogP contribution in [-0.4, -0.2) is 34.0 Å². The molecule has 8 nitrogen and oxygen atoms in total. The van der Waals surface area contributed by atoms with Gasteiger partial charge in [-0.25, -0.2) is 9.59 Å². The fraction of sp³-hybridized carbons (Fsp3) is 0.0667. The van der Waals surface area contributed by atoms with E-state index in [-0.39, 0.29) is 17.0 Å². The summed E-state index contributed by atoms with van der Waals surface area (Å²) in [6.07, 6.45) is 0. The fourth-order valence-corrected chi connectivity index (χ4v) is 5.12. The fourth-order valence-electron chi connectivity index (χ4n) is 3.86. The standard InChI is InChI=1S/C30H23ClN2O6S/c1-17-10-12-20(31)15-25(17)33-28(35)26(18-6-3-2-4-7-18)40-22-9-5-8-21(16-22)32-27(34)23-13-11-19(29(36)37)14-24(23)30(38)39/h2-16,26H,1H3,(H,32,34)(H,33,35)(H,36,37)(H,38,39). The van der Waals surface area contributed by atoms with E-state index in [2.05, 4.69) is 10.6 Å². The van der Waals surface area contributed by atoms with Crippen LogP contribution in [0.1, 0.15) is 47.5 Å². The zero-order chi connectivity index (χ0) is 28.8. The minimum Gasteiger partial charge on any atom is -0.478 e. The number of rotatable bonds is 9. The van der Waals surface area contributed by atoms with Crippen molar-refractivity contribution >= 4 is 58.5 Å². The molecular formula is C30H23ClN2O6S. The monoisotopic (exact) mass is 574 g/mol. The Balaban J connectivity index is 1.58. The molecule has 0 aliphatic carbocycles. The smallest absolute Gasteiger partial charge is 0.336 e. The number of carbonyl (C=O) groups is 4. The molecule has 10 heteroatoms. The topological polar surface area (TPSA) is 133 Å². The van der Waals surface area contributed by atoms with Gasteiger partial charge in [0.25, 0.3) is 5.91 Å². The van der Waals surface area contributed by atoms with Gasteiger partial charge in [0.05, 0.1) is 16.7 Å². The number of benzene rings is 4. The Kier molecular flexibility index (Phi) is 8.88. The van der Waals surface area contributed by atoms with E-state index in [1.54, 1.807) is 36.4 Å². The van der Waals surface area contributed by atoms with Gasteiger partial charge in [0.2, 0.25) is 5.91 Å². The highest BCUT2D eigenvalue weighted by Gasteiger charge is 2.24. The molecule has 4 aromatic rings. The van der Waals surface area contributed by atoms with Gasteiger partial charge in [0.15, 0.2) is 0 Å². The van der Waals surface area contributed by atoms with E-state index < -0.39 is 28.7 Å². The summed E-state index contributed by atoms with van der Waals surface area (Å²) < 4.78 is 0. The highest BCUT2D eigenvalue weighted by molar-refractivity contribution is 8.00. The van der Waals surface area contributed by atoms with Crippen LogP contribution in [-0.2, 0) is 4.79 Å². The third-order valence-electron chi connectivity index (χ3n) is 5.89. The Hall–Kier alpha value is -4.60. The second kappa shape index (κ2) is 12.5. The first-order valence-electron chi connectivity index (χ1n) is 11.9. The summed E-state index contributed by atoms with van der Waals surface area (Å²) in [7, 11) is 0. The van der Waals surface area contributed by atoms with Crippen molar-refractivity contribution in [1.29, 1.82) is 0 Å². The molecule has 0 aliphatic heterocycles. The summed E-state index contributed by atoms with van der Waals surface area (Å²) in [6.45, 7) is 1.87. The van der Waals surface area contributed by atoms with E-state index in [1.807, 2.05) is 43.3 Å². The average Bonchev–Trinajstić information content (AvgIpc) is 2.94. The molecule has 0 saturated carbocycles. The number of hydrogen-bond acceptors (Lipinski definition) is 5. The van der Waals surface area contributed by atoms with E-state index in [4.69, 9.17) is 16.7 Å². The van der Waals surface area contributed by atoms with Crippen LogP contribution >= 0.6 is 23.4 Å². The molecule has 0 spiro atoms. The summed E-state index contributed by atoms with van der Waals surface area (Å²) in [6, 6.07) is 24.5. The zero-order valence-corrected chi connectivity index (χ0v) is 22.6. The number of carboxylic acids is 2. The van der Waals surface area contributed by atoms with Crippen molar-refractivity contribution in [2.24, 2.45) is 0 Å². The van der Waals surface area contributed by atoms with Crippen LogP contribution in [0.15, 0.2) is 95.9 Å².